The molecular weight excluding hydrogens is 190 g/mol. The molecule has 15 heavy (non-hydrogen) atoms. The molecule has 0 aliphatic carbocycles. The highest BCUT2D eigenvalue weighted by molar-refractivity contribution is 5.74. The molecule has 0 saturated heterocycles. The maximum Gasteiger partial charge on any atom is 0.192 e. The van der Waals surface area contributed by atoms with E-state index in [2.05, 4.69) is 16.8 Å². The summed E-state index contributed by atoms with van der Waals surface area (Å²) in [5.74, 6) is 6.26. The van der Waals surface area contributed by atoms with Crippen molar-refractivity contribution in [2.24, 2.45) is 0 Å². The number of rotatable bonds is 1. The van der Waals surface area contributed by atoms with Crippen molar-refractivity contribution in [3.63, 3.8) is 0 Å². The van der Waals surface area contributed by atoms with Gasteiger partial charge >= 0.3 is 0 Å². The van der Waals surface area contributed by atoms with Gasteiger partial charge in [0, 0.05) is 12.5 Å². The molecule has 3 heteroatoms. The van der Waals surface area contributed by atoms with Gasteiger partial charge in [0.05, 0.1) is 6.42 Å². The molecule has 0 amide bonds. The van der Waals surface area contributed by atoms with E-state index in [1.54, 1.807) is 6.92 Å². The van der Waals surface area contributed by atoms with E-state index in [1.165, 1.54) is 0 Å². The van der Waals surface area contributed by atoms with E-state index < -0.39 is 0 Å². The molecule has 0 aliphatic heterocycles. The molecule has 0 saturated carbocycles. The van der Waals surface area contributed by atoms with Gasteiger partial charge in [-0.2, -0.15) is 0 Å². The molecule has 0 atom stereocenters. The van der Waals surface area contributed by atoms with Crippen molar-refractivity contribution in [2.75, 3.05) is 0 Å². The topological polar surface area (TPSA) is 43.1 Å². The summed E-state index contributed by atoms with van der Waals surface area (Å²) >= 11 is 0. The third kappa shape index (κ3) is 2.05. The Balaban J connectivity index is 2.39. The average molecular weight is 199 g/mol. The van der Waals surface area contributed by atoms with Crippen LogP contribution in [0, 0.1) is 18.8 Å². The van der Waals surface area contributed by atoms with Crippen molar-refractivity contribution < 1.29 is 9.21 Å². The minimum atomic E-state index is 0.257. The molecule has 74 valence electrons. The summed E-state index contributed by atoms with van der Waals surface area (Å²) in [6, 6.07) is 5.55. The van der Waals surface area contributed by atoms with E-state index in [0.29, 0.717) is 5.89 Å². The summed E-state index contributed by atoms with van der Waals surface area (Å²) < 4.78 is 5.37. The van der Waals surface area contributed by atoms with Gasteiger partial charge in [-0.15, -0.1) is 0 Å². The molecular formula is C12H9NO2. The van der Waals surface area contributed by atoms with Gasteiger partial charge in [0.15, 0.2) is 11.5 Å². The number of aromatic nitrogens is 1. The Morgan fingerprint density at radius 2 is 2.40 bits per heavy atom. The molecule has 0 radical (unpaired) electrons. The lowest BCUT2D eigenvalue weighted by Gasteiger charge is -1.88. The van der Waals surface area contributed by atoms with Crippen LogP contribution in [0.25, 0.3) is 11.1 Å². The number of fused-ring (bicyclic) bond motifs is 1. The Morgan fingerprint density at radius 1 is 1.53 bits per heavy atom. The lowest BCUT2D eigenvalue weighted by Crippen LogP contribution is -1.75. The molecule has 1 aromatic carbocycles. The van der Waals surface area contributed by atoms with Gasteiger partial charge in [-0.05, 0) is 18.2 Å². The third-order valence-corrected chi connectivity index (χ3v) is 1.91. The zero-order valence-corrected chi connectivity index (χ0v) is 8.28. The van der Waals surface area contributed by atoms with E-state index in [-0.39, 0.29) is 6.42 Å². The van der Waals surface area contributed by atoms with Crippen molar-refractivity contribution in [3.8, 4) is 11.8 Å². The summed E-state index contributed by atoms with van der Waals surface area (Å²) in [6.45, 7) is 1.80. The van der Waals surface area contributed by atoms with Crippen molar-refractivity contribution in [2.45, 2.75) is 13.3 Å². The minimum Gasteiger partial charge on any atom is -0.441 e. The van der Waals surface area contributed by atoms with Crippen LogP contribution in [0.5, 0.6) is 0 Å². The van der Waals surface area contributed by atoms with Crippen molar-refractivity contribution in [3.05, 3.63) is 29.7 Å². The molecule has 0 aliphatic rings. The SMILES string of the molecule is Cc1nc2ccc(C#CCC=O)cc2o1. The van der Waals surface area contributed by atoms with Crippen LogP contribution in [0.1, 0.15) is 17.9 Å². The first-order valence-electron chi connectivity index (χ1n) is 4.59. The minimum absolute atomic E-state index is 0.257. The van der Waals surface area contributed by atoms with Crippen LogP contribution in [0.2, 0.25) is 0 Å². The number of benzene rings is 1. The van der Waals surface area contributed by atoms with Gasteiger partial charge in [-0.3, -0.25) is 0 Å². The molecule has 1 aromatic heterocycles. The number of aldehydes is 1. The summed E-state index contributed by atoms with van der Waals surface area (Å²) in [4.78, 5) is 14.3. The Kier molecular flexibility index (Phi) is 2.51. The second-order valence-corrected chi connectivity index (χ2v) is 3.09. The standard InChI is InChI=1S/C12H9NO2/c1-9-13-11-6-5-10(4-2-3-7-14)8-12(11)15-9/h5-8H,3H2,1H3. The second kappa shape index (κ2) is 3.97. The first-order chi connectivity index (χ1) is 7.29. The summed E-state index contributed by atoms with van der Waals surface area (Å²) in [5, 5.41) is 0. The Bertz CT molecular complexity index is 558. The summed E-state index contributed by atoms with van der Waals surface area (Å²) in [5.41, 5.74) is 2.39. The first kappa shape index (κ1) is 9.47. The van der Waals surface area contributed by atoms with Gasteiger partial charge in [-0.25, -0.2) is 4.98 Å². The molecule has 1 heterocycles. The van der Waals surface area contributed by atoms with Crippen molar-refractivity contribution in [1.29, 1.82) is 0 Å². The fourth-order valence-electron chi connectivity index (χ4n) is 1.31. The monoisotopic (exact) mass is 199 g/mol. The predicted molar refractivity (Wildman–Crippen MR) is 56.3 cm³/mol. The van der Waals surface area contributed by atoms with Gasteiger partial charge < -0.3 is 9.21 Å². The van der Waals surface area contributed by atoms with Crippen molar-refractivity contribution >= 4 is 17.4 Å². The molecule has 2 aromatic rings. The van der Waals surface area contributed by atoms with Gasteiger partial charge in [0.2, 0.25) is 0 Å². The van der Waals surface area contributed by atoms with Gasteiger partial charge in [0.25, 0.3) is 0 Å². The molecule has 0 spiro atoms. The number of carbonyl (C=O) groups is 1. The first-order valence-corrected chi connectivity index (χ1v) is 4.59. The Labute approximate surface area is 87.1 Å². The molecule has 0 unspecified atom stereocenters. The Hall–Kier alpha value is -2.08. The average Bonchev–Trinajstić information content (AvgIpc) is 2.57. The van der Waals surface area contributed by atoms with Crippen LogP contribution in [0.3, 0.4) is 0 Å². The highest BCUT2D eigenvalue weighted by Gasteiger charge is 2.01. The zero-order chi connectivity index (χ0) is 10.7. The second-order valence-electron chi connectivity index (χ2n) is 3.09. The lowest BCUT2D eigenvalue weighted by molar-refractivity contribution is -0.107. The number of hydrogen-bond acceptors (Lipinski definition) is 3. The van der Waals surface area contributed by atoms with E-state index >= 15 is 0 Å². The summed E-state index contributed by atoms with van der Waals surface area (Å²) in [7, 11) is 0. The van der Waals surface area contributed by atoms with E-state index in [0.717, 1.165) is 22.9 Å². The van der Waals surface area contributed by atoms with E-state index in [9.17, 15) is 4.79 Å². The molecule has 0 bridgehead atoms. The van der Waals surface area contributed by atoms with Crippen molar-refractivity contribution in [1.82, 2.24) is 4.98 Å². The smallest absolute Gasteiger partial charge is 0.192 e. The third-order valence-electron chi connectivity index (χ3n) is 1.91. The number of aryl methyl sites for hydroxylation is 1. The number of carbonyl (C=O) groups excluding carboxylic acids is 1. The predicted octanol–water partition coefficient (Wildman–Crippen LogP) is 2.08. The van der Waals surface area contributed by atoms with Crippen LogP contribution in [0.15, 0.2) is 22.6 Å². The quantitative estimate of drug-likeness (QED) is 0.521. The van der Waals surface area contributed by atoms with Crippen LogP contribution in [0.4, 0.5) is 0 Å². The lowest BCUT2D eigenvalue weighted by atomic mass is 10.2. The fraction of sp³-hybridized carbons (Fsp3) is 0.167. The maximum atomic E-state index is 10.1. The highest BCUT2D eigenvalue weighted by Crippen LogP contribution is 2.16. The maximum absolute atomic E-state index is 10.1. The Morgan fingerprint density at radius 3 is 3.20 bits per heavy atom. The molecule has 0 N–H and O–H groups in total. The molecule has 2 rings (SSSR count). The zero-order valence-electron chi connectivity index (χ0n) is 8.28. The van der Waals surface area contributed by atoms with Gasteiger partial charge in [0.1, 0.15) is 11.8 Å². The van der Waals surface area contributed by atoms with Crippen LogP contribution in [-0.2, 0) is 4.79 Å². The number of hydrogen-bond donors (Lipinski definition) is 0. The normalized spacial score (nSPS) is 9.67. The van der Waals surface area contributed by atoms with Crippen LogP contribution >= 0.6 is 0 Å². The van der Waals surface area contributed by atoms with E-state index in [4.69, 9.17) is 4.42 Å². The van der Waals surface area contributed by atoms with Gasteiger partial charge in [-0.1, -0.05) is 11.8 Å². The molecule has 0 fully saturated rings. The fourth-order valence-corrected chi connectivity index (χ4v) is 1.31. The highest BCUT2D eigenvalue weighted by atomic mass is 16.3. The van der Waals surface area contributed by atoms with E-state index in [1.807, 2.05) is 18.2 Å². The molecule has 3 nitrogen and oxygen atoms in total. The van der Waals surface area contributed by atoms with Crippen LogP contribution < -0.4 is 0 Å². The number of nitrogens with zero attached hydrogens (tertiary/aromatic N) is 1. The largest absolute Gasteiger partial charge is 0.441 e. The number of oxazole rings is 1. The van der Waals surface area contributed by atoms with Crippen LogP contribution in [-0.4, -0.2) is 11.3 Å². The summed E-state index contributed by atoms with van der Waals surface area (Å²) in [6.07, 6.45) is 1.04.